The van der Waals surface area contributed by atoms with Crippen LogP contribution in [-0.2, 0) is 11.8 Å². The van der Waals surface area contributed by atoms with Gasteiger partial charge in [0, 0.05) is 32.2 Å². The lowest BCUT2D eigenvalue weighted by molar-refractivity contribution is -0.0159. The number of ether oxygens (including phenoxy) is 1. The molecule has 1 saturated heterocycles. The van der Waals surface area contributed by atoms with Crippen LogP contribution in [0.25, 0.3) is 0 Å². The van der Waals surface area contributed by atoms with Crippen LogP contribution in [0.3, 0.4) is 0 Å². The van der Waals surface area contributed by atoms with E-state index in [0.29, 0.717) is 16.6 Å². The molecule has 7 heteroatoms. The fourth-order valence-corrected chi connectivity index (χ4v) is 2.90. The number of nitrogens with zero attached hydrogens (tertiary/aromatic N) is 3. The Balaban J connectivity index is 1.98. The van der Waals surface area contributed by atoms with Crippen molar-refractivity contribution in [1.82, 2.24) is 14.7 Å². The molecule has 1 fully saturated rings. The maximum atomic E-state index is 11.8. The van der Waals surface area contributed by atoms with Gasteiger partial charge in [-0.25, -0.2) is 4.68 Å². The zero-order valence-electron chi connectivity index (χ0n) is 12.1. The molecule has 2 unspecified atom stereocenters. The Morgan fingerprint density at radius 2 is 2.40 bits per heavy atom. The van der Waals surface area contributed by atoms with Gasteiger partial charge < -0.3 is 10.1 Å². The minimum absolute atomic E-state index is 0.137. The van der Waals surface area contributed by atoms with Gasteiger partial charge in [0.2, 0.25) is 0 Å². The maximum absolute atomic E-state index is 11.8. The van der Waals surface area contributed by atoms with E-state index in [9.17, 15) is 4.79 Å². The number of anilines is 1. The summed E-state index contributed by atoms with van der Waals surface area (Å²) in [5, 5.41) is 7.32. The molecule has 0 saturated carbocycles. The molecule has 1 aromatic rings. The molecule has 0 bridgehead atoms. The molecule has 0 amide bonds. The molecule has 2 heterocycles. The third-order valence-electron chi connectivity index (χ3n) is 3.65. The van der Waals surface area contributed by atoms with E-state index in [1.807, 2.05) is 0 Å². The van der Waals surface area contributed by atoms with E-state index in [0.717, 1.165) is 32.0 Å². The molecule has 2 rings (SSSR count). The van der Waals surface area contributed by atoms with Gasteiger partial charge in [-0.15, -0.1) is 0 Å². The summed E-state index contributed by atoms with van der Waals surface area (Å²) in [6, 6.07) is 0.788. The summed E-state index contributed by atoms with van der Waals surface area (Å²) in [5.41, 5.74) is 0.600. The van der Waals surface area contributed by atoms with Gasteiger partial charge in [0.15, 0.2) is 0 Å². The Kier molecular flexibility index (Phi) is 5.17. The standard InChI is InChI=1S/C13H21BrN4O2/c1-9(18-4-5-20-8-10(18)2)6-15-11-7-16-17(3)13(19)12(11)14/h7,9-10,15H,4-6,8H2,1-3H3. The first-order chi connectivity index (χ1) is 9.50. The van der Waals surface area contributed by atoms with Crippen molar-refractivity contribution in [2.24, 2.45) is 7.05 Å². The average molecular weight is 345 g/mol. The number of morpholine rings is 1. The topological polar surface area (TPSA) is 59.4 Å². The second-order valence-electron chi connectivity index (χ2n) is 5.19. The van der Waals surface area contributed by atoms with Crippen molar-refractivity contribution in [3.63, 3.8) is 0 Å². The number of rotatable bonds is 4. The lowest BCUT2D eigenvalue weighted by Crippen LogP contribution is -2.50. The zero-order valence-corrected chi connectivity index (χ0v) is 13.7. The van der Waals surface area contributed by atoms with Gasteiger partial charge in [0.1, 0.15) is 4.47 Å². The lowest BCUT2D eigenvalue weighted by atomic mass is 10.2. The summed E-state index contributed by atoms with van der Waals surface area (Å²) in [5.74, 6) is 0. The van der Waals surface area contributed by atoms with Crippen LogP contribution in [0.2, 0.25) is 0 Å². The first-order valence-electron chi connectivity index (χ1n) is 6.80. The first kappa shape index (κ1) is 15.5. The summed E-state index contributed by atoms with van der Waals surface area (Å²) in [6.45, 7) is 7.62. The summed E-state index contributed by atoms with van der Waals surface area (Å²) < 4.78 is 7.28. The largest absolute Gasteiger partial charge is 0.381 e. The second-order valence-corrected chi connectivity index (χ2v) is 5.99. The van der Waals surface area contributed by atoms with Gasteiger partial charge in [0.05, 0.1) is 25.1 Å². The molecule has 1 N–H and O–H groups in total. The molecular formula is C13H21BrN4O2. The summed E-state index contributed by atoms with van der Waals surface area (Å²) >= 11 is 3.32. The van der Waals surface area contributed by atoms with Gasteiger partial charge >= 0.3 is 0 Å². The zero-order chi connectivity index (χ0) is 14.7. The average Bonchev–Trinajstić information content (AvgIpc) is 2.44. The molecule has 20 heavy (non-hydrogen) atoms. The van der Waals surface area contributed by atoms with E-state index in [1.54, 1.807) is 13.2 Å². The van der Waals surface area contributed by atoms with Crippen LogP contribution in [0.15, 0.2) is 15.5 Å². The van der Waals surface area contributed by atoms with E-state index in [2.05, 4.69) is 45.1 Å². The molecular weight excluding hydrogens is 324 g/mol. The van der Waals surface area contributed by atoms with Crippen molar-refractivity contribution in [3.05, 3.63) is 21.0 Å². The Hall–Kier alpha value is -0.920. The Morgan fingerprint density at radius 1 is 1.65 bits per heavy atom. The van der Waals surface area contributed by atoms with E-state index in [4.69, 9.17) is 4.74 Å². The molecule has 2 atom stereocenters. The highest BCUT2D eigenvalue weighted by Gasteiger charge is 2.23. The predicted octanol–water partition coefficient (Wildman–Crippen LogP) is 1.06. The maximum Gasteiger partial charge on any atom is 0.282 e. The van der Waals surface area contributed by atoms with Crippen LogP contribution < -0.4 is 10.9 Å². The van der Waals surface area contributed by atoms with Crippen LogP contribution in [0.4, 0.5) is 5.69 Å². The first-order valence-corrected chi connectivity index (χ1v) is 7.59. The van der Waals surface area contributed by atoms with Crippen LogP contribution in [-0.4, -0.2) is 53.1 Å². The fourth-order valence-electron chi connectivity index (χ4n) is 2.40. The SMILES string of the molecule is CC(CNc1cnn(C)c(=O)c1Br)N1CCOCC1C. The highest BCUT2D eigenvalue weighted by Crippen LogP contribution is 2.17. The number of aryl methyl sites for hydroxylation is 1. The molecule has 1 aromatic heterocycles. The Labute approximate surface area is 127 Å². The number of hydrogen-bond donors (Lipinski definition) is 1. The van der Waals surface area contributed by atoms with Crippen molar-refractivity contribution in [2.75, 3.05) is 31.6 Å². The molecule has 0 spiro atoms. The summed E-state index contributed by atoms with van der Waals surface area (Å²) in [4.78, 5) is 14.2. The monoisotopic (exact) mass is 344 g/mol. The lowest BCUT2D eigenvalue weighted by Gasteiger charge is -2.38. The van der Waals surface area contributed by atoms with E-state index >= 15 is 0 Å². The van der Waals surface area contributed by atoms with Crippen molar-refractivity contribution in [3.8, 4) is 0 Å². The summed E-state index contributed by atoms with van der Waals surface area (Å²) in [6.07, 6.45) is 1.67. The summed E-state index contributed by atoms with van der Waals surface area (Å²) in [7, 11) is 1.63. The Bertz CT molecular complexity index is 520. The van der Waals surface area contributed by atoms with Crippen molar-refractivity contribution >= 4 is 21.6 Å². The molecule has 6 nitrogen and oxygen atoms in total. The molecule has 0 aromatic carbocycles. The molecule has 1 aliphatic heterocycles. The van der Waals surface area contributed by atoms with Crippen molar-refractivity contribution < 1.29 is 4.74 Å². The third-order valence-corrected chi connectivity index (χ3v) is 4.42. The van der Waals surface area contributed by atoms with E-state index < -0.39 is 0 Å². The fraction of sp³-hybridized carbons (Fsp3) is 0.692. The molecule has 1 aliphatic rings. The van der Waals surface area contributed by atoms with Gasteiger partial charge in [-0.3, -0.25) is 9.69 Å². The van der Waals surface area contributed by atoms with E-state index in [1.165, 1.54) is 4.68 Å². The van der Waals surface area contributed by atoms with Crippen LogP contribution in [0.1, 0.15) is 13.8 Å². The minimum atomic E-state index is -0.137. The second kappa shape index (κ2) is 6.69. The van der Waals surface area contributed by atoms with Gasteiger partial charge in [-0.05, 0) is 29.8 Å². The number of halogens is 1. The van der Waals surface area contributed by atoms with Crippen LogP contribution in [0, 0.1) is 0 Å². The number of hydrogen-bond acceptors (Lipinski definition) is 5. The van der Waals surface area contributed by atoms with Gasteiger partial charge in [0.25, 0.3) is 5.56 Å². The highest BCUT2D eigenvalue weighted by molar-refractivity contribution is 9.10. The quantitative estimate of drug-likeness (QED) is 0.885. The Morgan fingerprint density at radius 3 is 3.10 bits per heavy atom. The van der Waals surface area contributed by atoms with E-state index in [-0.39, 0.29) is 5.56 Å². The minimum Gasteiger partial charge on any atom is -0.381 e. The molecule has 0 aliphatic carbocycles. The van der Waals surface area contributed by atoms with Gasteiger partial charge in [-0.1, -0.05) is 0 Å². The molecule has 112 valence electrons. The van der Waals surface area contributed by atoms with Crippen molar-refractivity contribution in [2.45, 2.75) is 25.9 Å². The highest BCUT2D eigenvalue weighted by atomic mass is 79.9. The normalized spacial score (nSPS) is 21.7. The van der Waals surface area contributed by atoms with Gasteiger partial charge in [-0.2, -0.15) is 5.10 Å². The predicted molar refractivity (Wildman–Crippen MR) is 82.1 cm³/mol. The molecule has 0 radical (unpaired) electrons. The van der Waals surface area contributed by atoms with Crippen molar-refractivity contribution in [1.29, 1.82) is 0 Å². The third kappa shape index (κ3) is 3.39. The van der Waals surface area contributed by atoms with Crippen LogP contribution >= 0.6 is 15.9 Å². The van der Waals surface area contributed by atoms with Crippen LogP contribution in [0.5, 0.6) is 0 Å². The number of aromatic nitrogens is 2. The smallest absolute Gasteiger partial charge is 0.282 e. The number of nitrogens with one attached hydrogen (secondary N) is 1.